The van der Waals surface area contributed by atoms with Crippen LogP contribution in [0.2, 0.25) is 0 Å². The van der Waals surface area contributed by atoms with E-state index < -0.39 is 5.41 Å². The number of carbonyl (C=O) groups is 1. The first kappa shape index (κ1) is 23.5. The molecule has 4 aromatic heterocycles. The molecule has 0 aliphatic carbocycles. The number of nitrogens with zero attached hydrogens (tertiary/aromatic N) is 3. The lowest BCUT2D eigenvalue weighted by Crippen LogP contribution is -2.27. The lowest BCUT2D eigenvalue weighted by atomic mass is 9.95. The summed E-state index contributed by atoms with van der Waals surface area (Å²) in [5.74, 6) is -0.362. The Morgan fingerprint density at radius 3 is 2.55 bits per heavy atom. The largest absolute Gasteiger partial charge is 0.353 e. The summed E-state index contributed by atoms with van der Waals surface area (Å²) in [6, 6.07) is 20.2. The fourth-order valence-electron chi connectivity index (χ4n) is 4.41. The van der Waals surface area contributed by atoms with Crippen molar-refractivity contribution in [3.63, 3.8) is 0 Å². The standard InChI is InChI=1S/C30H25FN6O/c1-30(2,3)29(38)33-18-13-17(15-32-16-18)23-11-12-25-27(35-23)28(37-36-25)26-14-21-19(8-6-10-24(21)34-26)20-7-4-5-9-22(20)31/h4-16,34H,1-3H3,(H,33,38)(H,36,37). The average molecular weight is 505 g/mol. The van der Waals surface area contributed by atoms with Gasteiger partial charge in [-0.2, -0.15) is 5.10 Å². The second-order valence-electron chi connectivity index (χ2n) is 10.3. The summed E-state index contributed by atoms with van der Waals surface area (Å²) >= 11 is 0. The first-order valence-corrected chi connectivity index (χ1v) is 12.3. The van der Waals surface area contributed by atoms with Gasteiger partial charge in [-0.25, -0.2) is 9.37 Å². The molecule has 38 heavy (non-hydrogen) atoms. The molecule has 8 heteroatoms. The summed E-state index contributed by atoms with van der Waals surface area (Å²) in [4.78, 5) is 25.1. The highest BCUT2D eigenvalue weighted by Gasteiger charge is 2.21. The zero-order chi connectivity index (χ0) is 26.4. The zero-order valence-electron chi connectivity index (χ0n) is 21.1. The molecule has 0 atom stereocenters. The molecule has 1 amide bonds. The molecule has 2 aromatic carbocycles. The van der Waals surface area contributed by atoms with E-state index in [1.54, 1.807) is 24.5 Å². The van der Waals surface area contributed by atoms with E-state index in [0.29, 0.717) is 28.2 Å². The molecule has 0 spiro atoms. The number of hydrogen-bond acceptors (Lipinski definition) is 4. The summed E-state index contributed by atoms with van der Waals surface area (Å²) < 4.78 is 14.6. The fraction of sp³-hybridized carbons (Fsp3) is 0.133. The predicted octanol–water partition coefficient (Wildman–Crippen LogP) is 6.96. The van der Waals surface area contributed by atoms with Crippen LogP contribution in [0.1, 0.15) is 20.8 Å². The van der Waals surface area contributed by atoms with E-state index in [1.807, 2.05) is 69.3 Å². The van der Waals surface area contributed by atoms with Crippen LogP contribution >= 0.6 is 0 Å². The molecule has 0 unspecified atom stereocenters. The highest BCUT2D eigenvalue weighted by Crippen LogP contribution is 2.35. The van der Waals surface area contributed by atoms with Gasteiger partial charge in [-0.15, -0.1) is 0 Å². The van der Waals surface area contributed by atoms with Gasteiger partial charge in [0.15, 0.2) is 0 Å². The van der Waals surface area contributed by atoms with Crippen molar-refractivity contribution in [2.24, 2.45) is 5.41 Å². The van der Waals surface area contributed by atoms with Crippen molar-refractivity contribution in [3.05, 3.63) is 84.9 Å². The Morgan fingerprint density at radius 2 is 1.74 bits per heavy atom. The zero-order valence-corrected chi connectivity index (χ0v) is 21.1. The van der Waals surface area contributed by atoms with Gasteiger partial charge in [0.25, 0.3) is 0 Å². The molecular weight excluding hydrogens is 479 g/mol. The molecule has 0 radical (unpaired) electrons. The van der Waals surface area contributed by atoms with Gasteiger partial charge in [-0.05, 0) is 42.0 Å². The summed E-state index contributed by atoms with van der Waals surface area (Å²) in [7, 11) is 0. The number of rotatable bonds is 4. The minimum atomic E-state index is -0.523. The first-order chi connectivity index (χ1) is 18.3. The van der Waals surface area contributed by atoms with Crippen LogP contribution < -0.4 is 5.32 Å². The first-order valence-electron chi connectivity index (χ1n) is 12.3. The number of benzene rings is 2. The minimum absolute atomic E-state index is 0.0921. The van der Waals surface area contributed by atoms with E-state index in [-0.39, 0.29) is 11.7 Å². The number of pyridine rings is 2. The maximum Gasteiger partial charge on any atom is 0.229 e. The van der Waals surface area contributed by atoms with Crippen LogP contribution in [0.4, 0.5) is 10.1 Å². The lowest BCUT2D eigenvalue weighted by Gasteiger charge is -2.17. The van der Waals surface area contributed by atoms with Gasteiger partial charge in [0, 0.05) is 33.6 Å². The van der Waals surface area contributed by atoms with Crippen LogP contribution in [-0.2, 0) is 4.79 Å². The van der Waals surface area contributed by atoms with Crippen molar-refractivity contribution in [3.8, 4) is 33.8 Å². The number of carbonyl (C=O) groups excluding carboxylic acids is 1. The Hall–Kier alpha value is -4.85. The quantitative estimate of drug-likeness (QED) is 0.242. The van der Waals surface area contributed by atoms with Gasteiger partial charge < -0.3 is 10.3 Å². The van der Waals surface area contributed by atoms with Crippen LogP contribution in [0.15, 0.2) is 79.1 Å². The van der Waals surface area contributed by atoms with Crippen molar-refractivity contribution in [1.82, 2.24) is 25.1 Å². The van der Waals surface area contributed by atoms with E-state index in [2.05, 4.69) is 25.5 Å². The molecule has 188 valence electrons. The van der Waals surface area contributed by atoms with E-state index in [4.69, 9.17) is 4.98 Å². The monoisotopic (exact) mass is 504 g/mol. The summed E-state index contributed by atoms with van der Waals surface area (Å²) in [6.07, 6.45) is 3.33. The molecule has 6 rings (SSSR count). The third-order valence-electron chi connectivity index (χ3n) is 6.46. The summed E-state index contributed by atoms with van der Waals surface area (Å²) in [5, 5.41) is 11.4. The number of aromatic nitrogens is 5. The number of aromatic amines is 2. The highest BCUT2D eigenvalue weighted by molar-refractivity contribution is 6.00. The lowest BCUT2D eigenvalue weighted by molar-refractivity contribution is -0.123. The number of fused-ring (bicyclic) bond motifs is 2. The van der Waals surface area contributed by atoms with Gasteiger partial charge in [0.2, 0.25) is 5.91 Å². The molecule has 0 bridgehead atoms. The SMILES string of the molecule is CC(C)(C)C(=O)Nc1cncc(-c2ccc3[nH]nc(-c4cc5c(-c6ccccc6F)cccc5[nH]4)c3n2)c1. The highest BCUT2D eigenvalue weighted by atomic mass is 19.1. The van der Waals surface area contributed by atoms with Gasteiger partial charge in [-0.3, -0.25) is 14.9 Å². The number of anilines is 1. The van der Waals surface area contributed by atoms with Gasteiger partial charge in [0.1, 0.15) is 17.0 Å². The van der Waals surface area contributed by atoms with E-state index in [1.165, 1.54) is 6.07 Å². The number of halogens is 1. The third-order valence-corrected chi connectivity index (χ3v) is 6.46. The Labute approximate surface area is 218 Å². The van der Waals surface area contributed by atoms with Crippen molar-refractivity contribution in [2.75, 3.05) is 5.32 Å². The molecule has 3 N–H and O–H groups in total. The number of hydrogen-bond donors (Lipinski definition) is 3. The molecular formula is C30H25FN6O. The van der Waals surface area contributed by atoms with E-state index >= 15 is 0 Å². The van der Waals surface area contributed by atoms with Gasteiger partial charge >= 0.3 is 0 Å². The number of H-pyrrole nitrogens is 2. The maximum atomic E-state index is 14.6. The van der Waals surface area contributed by atoms with Crippen LogP contribution in [0.25, 0.3) is 55.7 Å². The van der Waals surface area contributed by atoms with Crippen LogP contribution in [-0.4, -0.2) is 31.1 Å². The fourth-order valence-corrected chi connectivity index (χ4v) is 4.41. The number of nitrogens with one attached hydrogen (secondary N) is 3. The molecule has 4 heterocycles. The van der Waals surface area contributed by atoms with E-state index in [9.17, 15) is 9.18 Å². The minimum Gasteiger partial charge on any atom is -0.353 e. The van der Waals surface area contributed by atoms with Crippen LogP contribution in [0.5, 0.6) is 0 Å². The Kier molecular flexibility index (Phi) is 5.52. The van der Waals surface area contributed by atoms with Gasteiger partial charge in [0.05, 0.1) is 28.8 Å². The molecule has 0 saturated carbocycles. The summed E-state index contributed by atoms with van der Waals surface area (Å²) in [5.41, 5.74) is 6.65. The smallest absolute Gasteiger partial charge is 0.229 e. The normalized spacial score (nSPS) is 11.8. The van der Waals surface area contributed by atoms with Gasteiger partial charge in [-0.1, -0.05) is 51.1 Å². The third kappa shape index (κ3) is 4.20. The Bertz CT molecular complexity index is 1830. The van der Waals surface area contributed by atoms with E-state index in [0.717, 1.165) is 33.2 Å². The predicted molar refractivity (Wildman–Crippen MR) is 148 cm³/mol. The molecule has 0 saturated heterocycles. The maximum absolute atomic E-state index is 14.6. The van der Waals surface area contributed by atoms with Crippen molar-refractivity contribution in [1.29, 1.82) is 0 Å². The molecule has 6 aromatic rings. The summed E-state index contributed by atoms with van der Waals surface area (Å²) in [6.45, 7) is 5.58. The molecule has 0 aliphatic rings. The van der Waals surface area contributed by atoms with Crippen LogP contribution in [0, 0.1) is 11.2 Å². The Morgan fingerprint density at radius 1 is 0.921 bits per heavy atom. The number of amides is 1. The average Bonchev–Trinajstić information content (AvgIpc) is 3.52. The second-order valence-corrected chi connectivity index (χ2v) is 10.3. The van der Waals surface area contributed by atoms with Crippen molar-refractivity contribution in [2.45, 2.75) is 20.8 Å². The molecule has 7 nitrogen and oxygen atoms in total. The Balaban J connectivity index is 1.41. The topological polar surface area (TPSA) is 99.4 Å². The van der Waals surface area contributed by atoms with Crippen molar-refractivity contribution < 1.29 is 9.18 Å². The second kappa shape index (κ2) is 8.92. The van der Waals surface area contributed by atoms with Crippen LogP contribution in [0.3, 0.4) is 0 Å². The molecule has 0 aliphatic heterocycles. The van der Waals surface area contributed by atoms with Crippen molar-refractivity contribution >= 4 is 33.5 Å². The molecule has 0 fully saturated rings.